The Bertz CT molecular complexity index is 685. The lowest BCUT2D eigenvalue weighted by molar-refractivity contribution is -0.138. The third-order valence-electron chi connectivity index (χ3n) is 4.17. The summed E-state index contributed by atoms with van der Waals surface area (Å²) in [6, 6.07) is 16.0. The van der Waals surface area contributed by atoms with E-state index >= 15 is 0 Å². The lowest BCUT2D eigenvalue weighted by atomic mass is 10.2. The summed E-state index contributed by atoms with van der Waals surface area (Å²) in [4.78, 5) is 16.6. The van der Waals surface area contributed by atoms with Crippen LogP contribution in [0.1, 0.15) is 6.92 Å². The lowest BCUT2D eigenvalue weighted by Crippen LogP contribution is -2.52. The summed E-state index contributed by atoms with van der Waals surface area (Å²) in [7, 11) is 0. The van der Waals surface area contributed by atoms with Crippen LogP contribution >= 0.6 is 0 Å². The van der Waals surface area contributed by atoms with E-state index in [4.69, 9.17) is 4.74 Å². The Morgan fingerprint density at radius 1 is 1.04 bits per heavy atom. The molecule has 126 valence electrons. The van der Waals surface area contributed by atoms with Crippen molar-refractivity contribution in [3.63, 3.8) is 0 Å². The van der Waals surface area contributed by atoms with E-state index < -0.39 is 6.10 Å². The molecule has 0 aromatic heterocycles. The van der Waals surface area contributed by atoms with Crippen LogP contribution in [0.4, 0.5) is 10.1 Å². The molecule has 0 aliphatic carbocycles. The van der Waals surface area contributed by atoms with Crippen LogP contribution in [0.5, 0.6) is 5.75 Å². The van der Waals surface area contributed by atoms with Crippen molar-refractivity contribution in [2.75, 3.05) is 31.1 Å². The van der Waals surface area contributed by atoms with Gasteiger partial charge < -0.3 is 14.5 Å². The Kier molecular flexibility index (Phi) is 4.99. The largest absolute Gasteiger partial charge is 0.481 e. The predicted octanol–water partition coefficient (Wildman–Crippen LogP) is 2.94. The van der Waals surface area contributed by atoms with E-state index in [1.54, 1.807) is 19.1 Å². The number of anilines is 1. The van der Waals surface area contributed by atoms with E-state index in [2.05, 4.69) is 17.0 Å². The van der Waals surface area contributed by atoms with Gasteiger partial charge in [-0.2, -0.15) is 0 Å². The van der Waals surface area contributed by atoms with Gasteiger partial charge in [0, 0.05) is 37.9 Å². The molecule has 0 bridgehead atoms. The van der Waals surface area contributed by atoms with E-state index in [0.717, 1.165) is 13.1 Å². The topological polar surface area (TPSA) is 32.8 Å². The number of carbonyl (C=O) groups is 1. The van der Waals surface area contributed by atoms with E-state index in [9.17, 15) is 9.18 Å². The second kappa shape index (κ2) is 7.34. The first-order chi connectivity index (χ1) is 11.6. The van der Waals surface area contributed by atoms with Gasteiger partial charge in [0.1, 0.15) is 11.6 Å². The first-order valence-electron chi connectivity index (χ1n) is 8.14. The Morgan fingerprint density at radius 2 is 1.75 bits per heavy atom. The molecule has 2 aromatic carbocycles. The van der Waals surface area contributed by atoms with Gasteiger partial charge in [-0.05, 0) is 31.2 Å². The highest BCUT2D eigenvalue weighted by Crippen LogP contribution is 2.18. The van der Waals surface area contributed by atoms with Gasteiger partial charge in [0.2, 0.25) is 0 Å². The molecule has 0 N–H and O–H groups in total. The number of benzene rings is 2. The molecule has 0 spiro atoms. The fraction of sp³-hybridized carbons (Fsp3) is 0.316. The van der Waals surface area contributed by atoms with Crippen LogP contribution in [0.2, 0.25) is 0 Å². The van der Waals surface area contributed by atoms with Crippen LogP contribution in [-0.4, -0.2) is 43.1 Å². The van der Waals surface area contributed by atoms with Crippen molar-refractivity contribution in [2.24, 2.45) is 0 Å². The zero-order valence-corrected chi connectivity index (χ0v) is 13.7. The highest BCUT2D eigenvalue weighted by atomic mass is 19.1. The monoisotopic (exact) mass is 328 g/mol. The number of carbonyl (C=O) groups excluding carboxylic acids is 1. The molecule has 0 saturated carbocycles. The molecule has 1 aliphatic rings. The summed E-state index contributed by atoms with van der Waals surface area (Å²) in [5.74, 6) is -0.0608. The molecule has 1 atom stereocenters. The van der Waals surface area contributed by atoms with Crippen molar-refractivity contribution in [2.45, 2.75) is 13.0 Å². The summed E-state index contributed by atoms with van der Waals surface area (Å²) in [5, 5.41) is 0. The first-order valence-corrected chi connectivity index (χ1v) is 8.14. The maximum absolute atomic E-state index is 13.2. The second-order valence-corrected chi connectivity index (χ2v) is 5.87. The van der Waals surface area contributed by atoms with Crippen molar-refractivity contribution < 1.29 is 13.9 Å². The maximum Gasteiger partial charge on any atom is 0.263 e. The van der Waals surface area contributed by atoms with Crippen molar-refractivity contribution >= 4 is 11.6 Å². The molecule has 3 rings (SSSR count). The molecule has 1 heterocycles. The summed E-state index contributed by atoms with van der Waals surface area (Å²) in [6.45, 7) is 4.61. The smallest absolute Gasteiger partial charge is 0.263 e. The quantitative estimate of drug-likeness (QED) is 0.865. The number of hydrogen-bond acceptors (Lipinski definition) is 3. The fourth-order valence-corrected chi connectivity index (χ4v) is 2.88. The van der Waals surface area contributed by atoms with Gasteiger partial charge in [-0.3, -0.25) is 4.79 Å². The fourth-order valence-electron chi connectivity index (χ4n) is 2.88. The zero-order valence-electron chi connectivity index (χ0n) is 13.7. The van der Waals surface area contributed by atoms with E-state index in [1.807, 2.05) is 23.1 Å². The average molecular weight is 328 g/mol. The molecule has 1 unspecified atom stereocenters. The van der Waals surface area contributed by atoms with Crippen molar-refractivity contribution in [3.05, 3.63) is 60.4 Å². The molecule has 4 nitrogen and oxygen atoms in total. The van der Waals surface area contributed by atoms with Gasteiger partial charge in [-0.15, -0.1) is 0 Å². The Morgan fingerprint density at radius 3 is 2.42 bits per heavy atom. The molecule has 1 fully saturated rings. The number of piperazine rings is 1. The number of para-hydroxylation sites is 1. The molecular weight excluding hydrogens is 307 g/mol. The third-order valence-corrected chi connectivity index (χ3v) is 4.17. The van der Waals surface area contributed by atoms with E-state index in [1.165, 1.54) is 17.8 Å². The number of nitrogens with zero attached hydrogens (tertiary/aromatic N) is 2. The minimum Gasteiger partial charge on any atom is -0.481 e. The number of halogens is 1. The number of rotatable bonds is 4. The van der Waals surface area contributed by atoms with Gasteiger partial charge in [-0.25, -0.2) is 4.39 Å². The number of hydrogen-bond donors (Lipinski definition) is 0. The Balaban J connectivity index is 1.55. The average Bonchev–Trinajstić information content (AvgIpc) is 2.62. The minimum atomic E-state index is -0.630. The SMILES string of the molecule is CC(Oc1cccc(F)c1)C(=O)N1CCN(c2ccccc2)CC1. The number of ether oxygens (including phenoxy) is 1. The van der Waals surface area contributed by atoms with Crippen molar-refractivity contribution in [3.8, 4) is 5.75 Å². The Labute approximate surface area is 141 Å². The second-order valence-electron chi connectivity index (χ2n) is 5.87. The molecule has 1 amide bonds. The molecule has 1 saturated heterocycles. The van der Waals surface area contributed by atoms with Gasteiger partial charge >= 0.3 is 0 Å². The zero-order chi connectivity index (χ0) is 16.9. The normalized spacial score (nSPS) is 15.9. The maximum atomic E-state index is 13.2. The van der Waals surface area contributed by atoms with Gasteiger partial charge in [-0.1, -0.05) is 24.3 Å². The van der Waals surface area contributed by atoms with Crippen LogP contribution < -0.4 is 9.64 Å². The van der Waals surface area contributed by atoms with Gasteiger partial charge in [0.15, 0.2) is 6.10 Å². The van der Waals surface area contributed by atoms with E-state index in [-0.39, 0.29) is 11.7 Å². The lowest BCUT2D eigenvalue weighted by Gasteiger charge is -2.37. The van der Waals surface area contributed by atoms with E-state index in [0.29, 0.717) is 18.8 Å². The Hall–Kier alpha value is -2.56. The van der Waals surface area contributed by atoms with Crippen molar-refractivity contribution in [1.82, 2.24) is 4.90 Å². The molecule has 5 heteroatoms. The van der Waals surface area contributed by atoms with Gasteiger partial charge in [0.25, 0.3) is 5.91 Å². The van der Waals surface area contributed by atoms with Crippen molar-refractivity contribution in [1.29, 1.82) is 0 Å². The van der Waals surface area contributed by atoms with Gasteiger partial charge in [0.05, 0.1) is 0 Å². The summed E-state index contributed by atoms with van der Waals surface area (Å²) < 4.78 is 18.8. The molecule has 2 aromatic rings. The van der Waals surface area contributed by atoms with Crippen LogP contribution in [0, 0.1) is 5.82 Å². The molecular formula is C19H21FN2O2. The first kappa shape index (κ1) is 16.3. The third kappa shape index (κ3) is 3.85. The summed E-state index contributed by atoms with van der Waals surface area (Å²) in [5.41, 5.74) is 1.17. The molecule has 24 heavy (non-hydrogen) atoms. The summed E-state index contributed by atoms with van der Waals surface area (Å²) in [6.07, 6.45) is -0.630. The standard InChI is InChI=1S/C19H21FN2O2/c1-15(24-18-9-5-6-16(20)14-18)19(23)22-12-10-21(11-13-22)17-7-3-2-4-8-17/h2-9,14-15H,10-13H2,1H3. The predicted molar refractivity (Wildman–Crippen MR) is 91.7 cm³/mol. The summed E-state index contributed by atoms with van der Waals surface area (Å²) >= 11 is 0. The highest BCUT2D eigenvalue weighted by molar-refractivity contribution is 5.81. The van der Waals surface area contributed by atoms with Crippen LogP contribution in [0.3, 0.4) is 0 Å². The van der Waals surface area contributed by atoms with Crippen LogP contribution in [-0.2, 0) is 4.79 Å². The highest BCUT2D eigenvalue weighted by Gasteiger charge is 2.26. The van der Waals surface area contributed by atoms with Crippen LogP contribution in [0.15, 0.2) is 54.6 Å². The molecule has 0 radical (unpaired) electrons. The number of amides is 1. The molecule has 1 aliphatic heterocycles. The minimum absolute atomic E-state index is 0.0630. The van der Waals surface area contributed by atoms with Crippen LogP contribution in [0.25, 0.3) is 0 Å².